The Morgan fingerprint density at radius 3 is 2.40 bits per heavy atom. The van der Waals surface area contributed by atoms with Gasteiger partial charge in [0.1, 0.15) is 0 Å². The van der Waals surface area contributed by atoms with Crippen LogP contribution >= 0.6 is 0 Å². The van der Waals surface area contributed by atoms with E-state index in [0.29, 0.717) is 6.42 Å². The summed E-state index contributed by atoms with van der Waals surface area (Å²) in [5, 5.41) is 11.5. The molecule has 0 spiro atoms. The normalized spacial score (nSPS) is 13.4. The number of carbonyl (C=O) groups is 1. The highest BCUT2D eigenvalue weighted by Gasteiger charge is 2.30. The first kappa shape index (κ1) is 14.5. The molecule has 0 aliphatic rings. The first-order chi connectivity index (χ1) is 9.33. The largest absolute Gasteiger partial charge is 0.481 e. The molecule has 0 aromatic heterocycles. The van der Waals surface area contributed by atoms with E-state index in [1.165, 1.54) is 10.9 Å². The van der Waals surface area contributed by atoms with Crippen molar-refractivity contribution in [2.24, 2.45) is 11.1 Å². The van der Waals surface area contributed by atoms with Gasteiger partial charge in [0.2, 0.25) is 0 Å². The van der Waals surface area contributed by atoms with Crippen molar-refractivity contribution in [3.8, 4) is 0 Å². The number of carboxylic acid groups (broad SMARTS) is 1. The smallest absolute Gasteiger partial charge is 0.309 e. The van der Waals surface area contributed by atoms with E-state index in [9.17, 15) is 9.90 Å². The predicted octanol–water partition coefficient (Wildman–Crippen LogP) is 3.65. The van der Waals surface area contributed by atoms with Crippen LogP contribution in [0.15, 0.2) is 36.4 Å². The Morgan fingerprint density at radius 2 is 1.80 bits per heavy atom. The van der Waals surface area contributed by atoms with E-state index >= 15 is 0 Å². The summed E-state index contributed by atoms with van der Waals surface area (Å²) in [5.41, 5.74) is 7.66. The van der Waals surface area contributed by atoms with Gasteiger partial charge in [0.05, 0.1) is 5.41 Å². The Bertz CT molecular complexity index is 646. The molecule has 0 fully saturated rings. The first-order valence-electron chi connectivity index (χ1n) is 6.80. The maximum absolute atomic E-state index is 11.2. The van der Waals surface area contributed by atoms with Crippen molar-refractivity contribution >= 4 is 16.7 Å². The molecule has 1 unspecified atom stereocenters. The first-order valence-corrected chi connectivity index (χ1v) is 6.80. The molecular formula is C17H21NO2. The molecule has 1 atom stereocenters. The van der Waals surface area contributed by atoms with Gasteiger partial charge in [-0.05, 0) is 49.1 Å². The molecule has 2 aromatic carbocycles. The highest BCUT2D eigenvalue weighted by atomic mass is 16.4. The van der Waals surface area contributed by atoms with E-state index in [1.54, 1.807) is 13.8 Å². The minimum Gasteiger partial charge on any atom is -0.481 e. The molecule has 0 saturated heterocycles. The van der Waals surface area contributed by atoms with Gasteiger partial charge in [0.15, 0.2) is 0 Å². The van der Waals surface area contributed by atoms with Crippen molar-refractivity contribution < 1.29 is 9.90 Å². The van der Waals surface area contributed by atoms with Crippen LogP contribution in [-0.2, 0) is 4.79 Å². The molecule has 0 radical (unpaired) electrons. The zero-order chi connectivity index (χ0) is 14.9. The van der Waals surface area contributed by atoms with Crippen molar-refractivity contribution in [1.29, 1.82) is 0 Å². The predicted molar refractivity (Wildman–Crippen MR) is 81.6 cm³/mol. The van der Waals surface area contributed by atoms with Crippen LogP contribution in [0.5, 0.6) is 0 Å². The van der Waals surface area contributed by atoms with Crippen molar-refractivity contribution in [1.82, 2.24) is 0 Å². The highest BCUT2D eigenvalue weighted by molar-refractivity contribution is 5.89. The number of benzene rings is 2. The lowest BCUT2D eigenvalue weighted by atomic mass is 9.82. The minimum absolute atomic E-state index is 0.286. The van der Waals surface area contributed by atoms with E-state index in [2.05, 4.69) is 13.0 Å². The molecule has 0 bridgehead atoms. The standard InChI is InChI=1S/C17H21NO2/c1-11-8-9-14(13-7-5-4-6-12(11)13)15(18)10-17(2,3)16(19)20/h4-9,15H,10,18H2,1-3H3,(H,19,20). The maximum Gasteiger partial charge on any atom is 0.309 e. The lowest BCUT2D eigenvalue weighted by molar-refractivity contribution is -0.147. The Labute approximate surface area is 119 Å². The second-order valence-electron chi connectivity index (χ2n) is 6.02. The van der Waals surface area contributed by atoms with Crippen LogP contribution in [0, 0.1) is 12.3 Å². The molecule has 0 aliphatic heterocycles. The monoisotopic (exact) mass is 271 g/mol. The zero-order valence-corrected chi connectivity index (χ0v) is 12.2. The van der Waals surface area contributed by atoms with Gasteiger partial charge in [-0.2, -0.15) is 0 Å². The second-order valence-corrected chi connectivity index (χ2v) is 6.02. The van der Waals surface area contributed by atoms with Gasteiger partial charge in [-0.1, -0.05) is 36.4 Å². The molecule has 2 aromatic rings. The highest BCUT2D eigenvalue weighted by Crippen LogP contribution is 2.33. The lowest BCUT2D eigenvalue weighted by Gasteiger charge is -2.24. The van der Waals surface area contributed by atoms with Crippen LogP contribution in [0.1, 0.15) is 37.4 Å². The third-order valence-electron chi connectivity index (χ3n) is 3.88. The van der Waals surface area contributed by atoms with Crippen LogP contribution in [0.2, 0.25) is 0 Å². The third kappa shape index (κ3) is 2.68. The average molecular weight is 271 g/mol. The fourth-order valence-corrected chi connectivity index (χ4v) is 2.54. The van der Waals surface area contributed by atoms with Gasteiger partial charge in [0, 0.05) is 6.04 Å². The molecule has 2 rings (SSSR count). The molecule has 0 amide bonds. The van der Waals surface area contributed by atoms with Crippen molar-refractivity contribution in [2.45, 2.75) is 33.2 Å². The van der Waals surface area contributed by atoms with Crippen LogP contribution in [-0.4, -0.2) is 11.1 Å². The average Bonchev–Trinajstić information content (AvgIpc) is 2.38. The van der Waals surface area contributed by atoms with E-state index in [-0.39, 0.29) is 6.04 Å². The summed E-state index contributed by atoms with van der Waals surface area (Å²) in [5.74, 6) is -0.815. The molecule has 20 heavy (non-hydrogen) atoms. The maximum atomic E-state index is 11.2. The number of nitrogens with two attached hydrogens (primary N) is 1. The van der Waals surface area contributed by atoms with Gasteiger partial charge in [-0.25, -0.2) is 0 Å². The van der Waals surface area contributed by atoms with Gasteiger partial charge in [0.25, 0.3) is 0 Å². The molecule has 0 saturated carbocycles. The Hall–Kier alpha value is -1.87. The summed E-state index contributed by atoms with van der Waals surface area (Å²) in [7, 11) is 0. The van der Waals surface area contributed by atoms with Crippen LogP contribution in [0.3, 0.4) is 0 Å². The van der Waals surface area contributed by atoms with E-state index in [0.717, 1.165) is 10.9 Å². The summed E-state index contributed by atoms with van der Waals surface area (Å²) in [6, 6.07) is 11.9. The van der Waals surface area contributed by atoms with Crippen LogP contribution in [0.25, 0.3) is 10.8 Å². The summed E-state index contributed by atoms with van der Waals surface area (Å²) in [4.78, 5) is 11.2. The molecule has 3 nitrogen and oxygen atoms in total. The van der Waals surface area contributed by atoms with E-state index < -0.39 is 11.4 Å². The Morgan fingerprint density at radius 1 is 1.20 bits per heavy atom. The van der Waals surface area contributed by atoms with Crippen molar-refractivity contribution in [2.75, 3.05) is 0 Å². The summed E-state index contributed by atoms with van der Waals surface area (Å²) in [6.07, 6.45) is 0.412. The molecule has 3 heteroatoms. The lowest BCUT2D eigenvalue weighted by Crippen LogP contribution is -2.29. The zero-order valence-electron chi connectivity index (χ0n) is 12.2. The molecule has 106 valence electrons. The number of fused-ring (bicyclic) bond motifs is 1. The number of carboxylic acids is 1. The number of rotatable bonds is 4. The van der Waals surface area contributed by atoms with Crippen LogP contribution < -0.4 is 5.73 Å². The number of aryl methyl sites for hydroxylation is 1. The third-order valence-corrected chi connectivity index (χ3v) is 3.88. The topological polar surface area (TPSA) is 63.3 Å². The van der Waals surface area contributed by atoms with Crippen molar-refractivity contribution in [3.05, 3.63) is 47.5 Å². The molecule has 3 N–H and O–H groups in total. The fraction of sp³-hybridized carbons (Fsp3) is 0.353. The number of hydrogen-bond donors (Lipinski definition) is 2. The van der Waals surface area contributed by atoms with Gasteiger partial charge < -0.3 is 10.8 Å². The second kappa shape index (κ2) is 5.25. The Balaban J connectivity index is 2.43. The quantitative estimate of drug-likeness (QED) is 0.892. The summed E-state index contributed by atoms with van der Waals surface area (Å²) >= 11 is 0. The summed E-state index contributed by atoms with van der Waals surface area (Å²) in [6.45, 7) is 5.50. The SMILES string of the molecule is Cc1ccc(C(N)CC(C)(C)C(=O)O)c2ccccc12. The van der Waals surface area contributed by atoms with Crippen molar-refractivity contribution in [3.63, 3.8) is 0 Å². The van der Waals surface area contributed by atoms with Crippen LogP contribution in [0.4, 0.5) is 0 Å². The van der Waals surface area contributed by atoms with Gasteiger partial charge >= 0.3 is 5.97 Å². The fourth-order valence-electron chi connectivity index (χ4n) is 2.54. The Kier molecular flexibility index (Phi) is 3.82. The summed E-state index contributed by atoms with van der Waals surface area (Å²) < 4.78 is 0. The number of aliphatic carboxylic acids is 1. The molecule has 0 aliphatic carbocycles. The molecule has 0 heterocycles. The minimum atomic E-state index is -0.828. The number of hydrogen-bond acceptors (Lipinski definition) is 2. The van der Waals surface area contributed by atoms with E-state index in [1.807, 2.05) is 30.3 Å². The van der Waals surface area contributed by atoms with Gasteiger partial charge in [-0.3, -0.25) is 4.79 Å². The molecular weight excluding hydrogens is 250 g/mol. The van der Waals surface area contributed by atoms with E-state index in [4.69, 9.17) is 5.73 Å². The van der Waals surface area contributed by atoms with Gasteiger partial charge in [-0.15, -0.1) is 0 Å².